The van der Waals surface area contributed by atoms with Crippen molar-refractivity contribution in [3.63, 3.8) is 0 Å². The third-order valence-electron chi connectivity index (χ3n) is 12.6. The SMILES string of the molecule is CN1CC[C@@H](C(=O)N2C/C(=C\c3ccccc3F)C(=O)[C@@]3(C2)[C@H](c2ccccc2F)CN(C)[C@]32C(=O)Nc3ccccc32)[C@@]12C(=O)Nc1ccccc12. The van der Waals surface area contributed by atoms with Crippen molar-refractivity contribution in [1.82, 2.24) is 14.7 Å². The van der Waals surface area contributed by atoms with Gasteiger partial charge in [-0.15, -0.1) is 0 Å². The number of likely N-dealkylation sites (tertiary alicyclic amines) is 3. The van der Waals surface area contributed by atoms with Crippen LogP contribution in [0.15, 0.2) is 103 Å². The van der Waals surface area contributed by atoms with Crippen molar-refractivity contribution in [1.29, 1.82) is 0 Å². The van der Waals surface area contributed by atoms with Gasteiger partial charge in [-0.1, -0.05) is 72.8 Å². The van der Waals surface area contributed by atoms with E-state index in [1.807, 2.05) is 41.1 Å². The molecule has 0 radical (unpaired) electrons. The molecule has 3 fully saturated rings. The van der Waals surface area contributed by atoms with Gasteiger partial charge in [0.25, 0.3) is 5.91 Å². The number of amides is 3. The van der Waals surface area contributed by atoms with Crippen LogP contribution in [0.4, 0.5) is 20.2 Å². The highest BCUT2D eigenvalue weighted by Crippen LogP contribution is 2.65. The van der Waals surface area contributed by atoms with Crippen molar-refractivity contribution in [3.05, 3.63) is 137 Å². The topological polar surface area (TPSA) is 102 Å². The molecule has 4 aromatic rings. The Kier molecular flexibility index (Phi) is 7.38. The molecule has 5 aliphatic heterocycles. The first kappa shape index (κ1) is 33.3. The third kappa shape index (κ3) is 4.23. The molecular weight excluding hydrogens is 676 g/mol. The molecule has 0 aliphatic carbocycles. The van der Waals surface area contributed by atoms with E-state index in [-0.39, 0.29) is 48.1 Å². The molecule has 3 saturated heterocycles. The zero-order valence-corrected chi connectivity index (χ0v) is 29.2. The summed E-state index contributed by atoms with van der Waals surface area (Å²) in [6, 6.07) is 26.7. The maximum absolute atomic E-state index is 16.1. The lowest BCUT2D eigenvalue weighted by Gasteiger charge is -2.52. The van der Waals surface area contributed by atoms with Crippen molar-refractivity contribution < 1.29 is 28.0 Å². The Bertz CT molecular complexity index is 2290. The normalized spacial score (nSPS) is 30.1. The van der Waals surface area contributed by atoms with Crippen LogP contribution in [-0.2, 0) is 30.3 Å². The average molecular weight is 714 g/mol. The number of rotatable bonds is 3. The standard InChI is InChI=1S/C42H37F2N5O4/c1-47-20-19-30(41(47)28-13-5-9-17-34(28)45-38(41)52)37(51)49-22-26(21-25-11-3-7-15-32(25)43)36(50)40(24-49)31(27-12-4-8-16-33(27)44)23-48(2)42(40)29-14-6-10-18-35(29)46-39(42)53/h3-18,21,30-31H,19-20,22-24H2,1-2H3,(H,45,52)(H,46,53)/b26-21+/t30-,31-,40+,41-,42+/m0/s1. The summed E-state index contributed by atoms with van der Waals surface area (Å²) in [5.41, 5.74) is -1.90. The minimum atomic E-state index is -1.78. The fourth-order valence-corrected chi connectivity index (χ4v) is 10.4. The van der Waals surface area contributed by atoms with Crippen molar-refractivity contribution in [2.45, 2.75) is 23.4 Å². The van der Waals surface area contributed by atoms with Gasteiger partial charge in [0.15, 0.2) is 5.78 Å². The molecule has 3 amide bonds. The van der Waals surface area contributed by atoms with Crippen LogP contribution in [0, 0.1) is 23.0 Å². The Labute approximate surface area is 305 Å². The van der Waals surface area contributed by atoms with Gasteiger partial charge in [0.2, 0.25) is 11.8 Å². The van der Waals surface area contributed by atoms with Gasteiger partial charge in [0.1, 0.15) is 22.7 Å². The zero-order valence-electron chi connectivity index (χ0n) is 29.2. The van der Waals surface area contributed by atoms with Gasteiger partial charge in [-0.05, 0) is 56.4 Å². The molecule has 0 unspecified atom stereocenters. The summed E-state index contributed by atoms with van der Waals surface area (Å²) < 4.78 is 31.5. The van der Waals surface area contributed by atoms with E-state index in [0.717, 1.165) is 0 Å². The number of para-hydroxylation sites is 2. The third-order valence-corrected chi connectivity index (χ3v) is 12.6. The monoisotopic (exact) mass is 713 g/mol. The number of fused-ring (bicyclic) bond motifs is 5. The number of Topliss-reactive ketones (excluding diaryl/α,β-unsaturated/α-hetero) is 1. The lowest BCUT2D eigenvalue weighted by molar-refractivity contribution is -0.155. The number of halogens is 2. The molecule has 5 heterocycles. The van der Waals surface area contributed by atoms with Crippen LogP contribution in [0.25, 0.3) is 6.08 Å². The molecule has 4 aromatic carbocycles. The van der Waals surface area contributed by atoms with E-state index >= 15 is 18.4 Å². The highest BCUT2D eigenvalue weighted by atomic mass is 19.1. The molecule has 0 aromatic heterocycles. The van der Waals surface area contributed by atoms with Crippen LogP contribution in [-0.4, -0.2) is 78.5 Å². The molecule has 2 N–H and O–H groups in total. The first-order valence-corrected chi connectivity index (χ1v) is 17.8. The molecule has 0 saturated carbocycles. The second kappa shape index (κ2) is 11.7. The molecule has 268 valence electrons. The molecular formula is C42H37F2N5O4. The van der Waals surface area contributed by atoms with Gasteiger partial charge in [0, 0.05) is 65.7 Å². The zero-order chi connectivity index (χ0) is 36.9. The number of nitrogens with zero attached hydrogens (tertiary/aromatic N) is 3. The molecule has 5 aliphatic rings. The van der Waals surface area contributed by atoms with E-state index in [0.29, 0.717) is 35.5 Å². The lowest BCUT2D eigenvalue weighted by Crippen LogP contribution is -2.67. The maximum atomic E-state index is 16.1. The van der Waals surface area contributed by atoms with E-state index < -0.39 is 51.7 Å². The minimum absolute atomic E-state index is 0.106. The highest BCUT2D eigenvalue weighted by molar-refractivity contribution is 6.16. The van der Waals surface area contributed by atoms with Gasteiger partial charge >= 0.3 is 0 Å². The van der Waals surface area contributed by atoms with Crippen molar-refractivity contribution in [2.24, 2.45) is 11.3 Å². The number of benzene rings is 4. The summed E-state index contributed by atoms with van der Waals surface area (Å²) in [4.78, 5) is 65.3. The summed E-state index contributed by atoms with van der Waals surface area (Å²) in [5.74, 6) is -4.49. The van der Waals surface area contributed by atoms with Crippen LogP contribution in [0.2, 0.25) is 0 Å². The van der Waals surface area contributed by atoms with Crippen LogP contribution in [0.1, 0.15) is 34.6 Å². The largest absolute Gasteiger partial charge is 0.337 e. The van der Waals surface area contributed by atoms with Crippen LogP contribution < -0.4 is 10.6 Å². The number of nitrogens with one attached hydrogen (secondary N) is 2. The number of hydrogen-bond donors (Lipinski definition) is 2. The molecule has 5 atom stereocenters. The smallest absolute Gasteiger partial charge is 0.250 e. The number of hydrogen-bond acceptors (Lipinski definition) is 6. The average Bonchev–Trinajstić information content (AvgIpc) is 3.84. The Morgan fingerprint density at radius 3 is 2.13 bits per heavy atom. The quantitative estimate of drug-likeness (QED) is 0.286. The van der Waals surface area contributed by atoms with Gasteiger partial charge < -0.3 is 15.5 Å². The summed E-state index contributed by atoms with van der Waals surface area (Å²) in [6.07, 6.45) is 1.81. The Morgan fingerprint density at radius 1 is 0.774 bits per heavy atom. The lowest BCUT2D eigenvalue weighted by atomic mass is 9.56. The van der Waals surface area contributed by atoms with Crippen LogP contribution in [0.3, 0.4) is 0 Å². The second-order valence-electron chi connectivity index (χ2n) is 14.9. The number of carbonyl (C=O) groups excluding carboxylic acids is 4. The van der Waals surface area contributed by atoms with Gasteiger partial charge in [0.05, 0.1) is 11.3 Å². The maximum Gasteiger partial charge on any atom is 0.250 e. The number of ketones is 1. The molecule has 11 heteroatoms. The van der Waals surface area contributed by atoms with Crippen LogP contribution in [0.5, 0.6) is 0 Å². The van der Waals surface area contributed by atoms with E-state index in [4.69, 9.17) is 0 Å². The first-order valence-electron chi connectivity index (χ1n) is 17.8. The molecule has 9 nitrogen and oxygen atoms in total. The van der Waals surface area contributed by atoms with Gasteiger partial charge in [-0.3, -0.25) is 29.0 Å². The Balaban J connectivity index is 1.29. The van der Waals surface area contributed by atoms with Crippen molar-refractivity contribution in [2.75, 3.05) is 50.9 Å². The van der Waals surface area contributed by atoms with E-state index in [2.05, 4.69) is 10.6 Å². The Hall–Kier alpha value is -5.52. The summed E-state index contributed by atoms with van der Waals surface area (Å²) in [7, 11) is 3.58. The van der Waals surface area contributed by atoms with E-state index in [1.54, 1.807) is 72.6 Å². The Morgan fingerprint density at radius 2 is 1.40 bits per heavy atom. The summed E-state index contributed by atoms with van der Waals surface area (Å²) in [5, 5.41) is 5.99. The fourth-order valence-electron chi connectivity index (χ4n) is 10.4. The number of carbonyl (C=O) groups is 4. The predicted molar refractivity (Wildman–Crippen MR) is 194 cm³/mol. The van der Waals surface area contributed by atoms with Gasteiger partial charge in [-0.2, -0.15) is 0 Å². The van der Waals surface area contributed by atoms with Crippen LogP contribution >= 0.6 is 0 Å². The van der Waals surface area contributed by atoms with E-state index in [1.165, 1.54) is 18.2 Å². The summed E-state index contributed by atoms with van der Waals surface area (Å²) >= 11 is 0. The minimum Gasteiger partial charge on any atom is -0.337 e. The highest BCUT2D eigenvalue weighted by Gasteiger charge is 2.76. The number of anilines is 2. The molecule has 3 spiro atoms. The number of likely N-dealkylation sites (N-methyl/N-ethyl adjacent to an activating group) is 2. The first-order chi connectivity index (χ1) is 25.6. The predicted octanol–water partition coefficient (Wildman–Crippen LogP) is 5.12. The van der Waals surface area contributed by atoms with Crippen molar-refractivity contribution >= 4 is 41.0 Å². The second-order valence-corrected chi connectivity index (χ2v) is 14.9. The summed E-state index contributed by atoms with van der Waals surface area (Å²) in [6.45, 7) is 0.119. The number of piperidine rings is 1. The van der Waals surface area contributed by atoms with Gasteiger partial charge in [-0.25, -0.2) is 8.78 Å². The molecule has 9 rings (SSSR count). The van der Waals surface area contributed by atoms with Crippen molar-refractivity contribution in [3.8, 4) is 0 Å². The van der Waals surface area contributed by atoms with E-state index in [9.17, 15) is 9.59 Å². The molecule has 53 heavy (non-hydrogen) atoms. The molecule has 0 bridgehead atoms. The fraction of sp³-hybridized carbons (Fsp3) is 0.286.